The maximum Gasteiger partial charge on any atom is 0.326 e. The second-order valence-corrected chi connectivity index (χ2v) is 4.53. The normalized spacial score (nSPS) is 11.7. The van der Waals surface area contributed by atoms with E-state index in [1.807, 2.05) is 6.92 Å². The zero-order valence-electron chi connectivity index (χ0n) is 11.8. The molecule has 1 atom stereocenters. The van der Waals surface area contributed by atoms with Crippen LogP contribution in [-0.2, 0) is 23.2 Å². The molecule has 0 aliphatic rings. The predicted octanol–water partition coefficient (Wildman–Crippen LogP) is -0.154. The molecule has 9 nitrogen and oxygen atoms in total. The number of aromatic nitrogens is 2. The molecule has 0 aliphatic heterocycles. The van der Waals surface area contributed by atoms with E-state index in [4.69, 9.17) is 10.2 Å². The number of nitrogens with one attached hydrogen (secondary N) is 2. The van der Waals surface area contributed by atoms with Gasteiger partial charge in [0.25, 0.3) is 0 Å². The molecule has 0 spiro atoms. The van der Waals surface area contributed by atoms with E-state index in [0.717, 1.165) is 11.3 Å². The van der Waals surface area contributed by atoms with Gasteiger partial charge in [0.2, 0.25) is 0 Å². The molecule has 116 valence electrons. The lowest BCUT2D eigenvalue weighted by atomic mass is 10.1. The van der Waals surface area contributed by atoms with Crippen LogP contribution in [-0.4, -0.2) is 44.0 Å². The predicted molar refractivity (Wildman–Crippen MR) is 71.6 cm³/mol. The molecule has 1 heterocycles. The van der Waals surface area contributed by atoms with Gasteiger partial charge in [0.1, 0.15) is 6.04 Å². The topological polar surface area (TPSA) is 134 Å². The van der Waals surface area contributed by atoms with E-state index < -0.39 is 24.0 Å². The van der Waals surface area contributed by atoms with Crippen LogP contribution in [0.2, 0.25) is 0 Å². The van der Waals surface area contributed by atoms with Crippen LogP contribution in [0.15, 0.2) is 6.20 Å². The Balaban J connectivity index is 2.48. The van der Waals surface area contributed by atoms with Crippen molar-refractivity contribution in [1.29, 1.82) is 0 Å². The minimum absolute atomic E-state index is 0.177. The van der Waals surface area contributed by atoms with Gasteiger partial charge >= 0.3 is 18.0 Å². The summed E-state index contributed by atoms with van der Waals surface area (Å²) in [6, 6.07) is -1.91. The maximum absolute atomic E-state index is 11.6. The average molecular weight is 298 g/mol. The molecular formula is C12H18N4O5. The smallest absolute Gasteiger partial charge is 0.326 e. The van der Waals surface area contributed by atoms with E-state index >= 15 is 0 Å². The summed E-state index contributed by atoms with van der Waals surface area (Å²) < 4.78 is 1.65. The van der Waals surface area contributed by atoms with Crippen molar-refractivity contribution in [2.75, 3.05) is 0 Å². The molecule has 4 N–H and O–H groups in total. The summed E-state index contributed by atoms with van der Waals surface area (Å²) >= 11 is 0. The van der Waals surface area contributed by atoms with Crippen LogP contribution >= 0.6 is 0 Å². The first-order valence-corrected chi connectivity index (χ1v) is 6.27. The van der Waals surface area contributed by atoms with Crippen LogP contribution in [0.1, 0.15) is 24.1 Å². The van der Waals surface area contributed by atoms with Gasteiger partial charge in [-0.25, -0.2) is 9.59 Å². The lowest BCUT2D eigenvalue weighted by molar-refractivity contribution is -0.140. The van der Waals surface area contributed by atoms with Crippen molar-refractivity contribution in [2.45, 2.75) is 32.4 Å². The third-order valence-electron chi connectivity index (χ3n) is 3.03. The number of aliphatic carboxylic acids is 2. The molecule has 21 heavy (non-hydrogen) atoms. The van der Waals surface area contributed by atoms with Gasteiger partial charge in [0.15, 0.2) is 0 Å². The Kier molecular flexibility index (Phi) is 5.70. The van der Waals surface area contributed by atoms with Crippen LogP contribution in [0.5, 0.6) is 0 Å². The second kappa shape index (κ2) is 7.27. The highest BCUT2D eigenvalue weighted by atomic mass is 16.4. The number of carbonyl (C=O) groups is 3. The van der Waals surface area contributed by atoms with Crippen LogP contribution in [0.4, 0.5) is 4.79 Å². The molecule has 1 aromatic heterocycles. The summed E-state index contributed by atoms with van der Waals surface area (Å²) in [4.78, 5) is 33.0. The summed E-state index contributed by atoms with van der Waals surface area (Å²) in [6.45, 7) is 2.05. The Hall–Kier alpha value is -2.58. The Labute approximate surface area is 120 Å². The largest absolute Gasteiger partial charge is 0.481 e. The molecule has 0 saturated heterocycles. The summed E-state index contributed by atoms with van der Waals surface area (Å²) in [5.74, 6) is -2.39. The number of nitrogens with zero attached hydrogens (tertiary/aromatic N) is 2. The van der Waals surface area contributed by atoms with Gasteiger partial charge in [0, 0.05) is 31.3 Å². The minimum Gasteiger partial charge on any atom is -0.481 e. The molecule has 9 heteroatoms. The first-order chi connectivity index (χ1) is 9.81. The standard InChI is InChI=1S/C12H18N4O5/c1-7-8(6-14-16(7)2)5-13-12(21)15-9(11(19)20)3-4-10(17)18/h6,9H,3-5H2,1-2H3,(H,17,18)(H,19,20)(H2,13,15,21). The maximum atomic E-state index is 11.6. The van der Waals surface area contributed by atoms with E-state index in [1.165, 1.54) is 0 Å². The molecule has 0 aromatic carbocycles. The summed E-state index contributed by atoms with van der Waals surface area (Å²) in [7, 11) is 1.77. The first-order valence-electron chi connectivity index (χ1n) is 6.27. The third-order valence-corrected chi connectivity index (χ3v) is 3.03. The molecule has 0 radical (unpaired) electrons. The fraction of sp³-hybridized carbons (Fsp3) is 0.500. The van der Waals surface area contributed by atoms with E-state index in [1.54, 1.807) is 17.9 Å². The average Bonchev–Trinajstić information content (AvgIpc) is 2.72. The van der Waals surface area contributed by atoms with E-state index in [-0.39, 0.29) is 19.4 Å². The lowest BCUT2D eigenvalue weighted by Gasteiger charge is -2.14. The highest BCUT2D eigenvalue weighted by molar-refractivity contribution is 5.83. The number of carboxylic acid groups (broad SMARTS) is 2. The highest BCUT2D eigenvalue weighted by Crippen LogP contribution is 2.04. The van der Waals surface area contributed by atoms with Gasteiger partial charge in [-0.3, -0.25) is 9.48 Å². The monoisotopic (exact) mass is 298 g/mol. The number of urea groups is 1. The zero-order valence-corrected chi connectivity index (χ0v) is 11.8. The van der Waals surface area contributed by atoms with Crippen molar-refractivity contribution in [1.82, 2.24) is 20.4 Å². The zero-order chi connectivity index (χ0) is 16.0. The van der Waals surface area contributed by atoms with Gasteiger partial charge < -0.3 is 20.8 Å². The van der Waals surface area contributed by atoms with Gasteiger partial charge in [-0.1, -0.05) is 0 Å². The molecule has 0 bridgehead atoms. The van der Waals surface area contributed by atoms with Crippen molar-refractivity contribution in [3.63, 3.8) is 0 Å². The van der Waals surface area contributed by atoms with Crippen molar-refractivity contribution in [3.8, 4) is 0 Å². The fourth-order valence-electron chi connectivity index (χ4n) is 1.63. The minimum atomic E-state index is -1.27. The number of aryl methyl sites for hydroxylation is 1. The van der Waals surface area contributed by atoms with Crippen LogP contribution in [0, 0.1) is 6.92 Å². The van der Waals surface area contributed by atoms with E-state index in [0.29, 0.717) is 0 Å². The second-order valence-electron chi connectivity index (χ2n) is 4.53. The quantitative estimate of drug-likeness (QED) is 0.553. The Morgan fingerprint density at radius 3 is 2.52 bits per heavy atom. The lowest BCUT2D eigenvalue weighted by Crippen LogP contribution is -2.46. The number of hydrogen-bond donors (Lipinski definition) is 4. The Morgan fingerprint density at radius 2 is 2.05 bits per heavy atom. The first kappa shape index (κ1) is 16.5. The molecule has 2 amide bonds. The molecule has 1 unspecified atom stereocenters. The highest BCUT2D eigenvalue weighted by Gasteiger charge is 2.20. The number of amides is 2. The number of hydrogen-bond acceptors (Lipinski definition) is 4. The molecule has 0 aliphatic carbocycles. The van der Waals surface area contributed by atoms with Crippen LogP contribution in [0.25, 0.3) is 0 Å². The number of carboxylic acids is 2. The molecule has 1 rings (SSSR count). The Bertz CT molecular complexity index is 540. The van der Waals surface area contributed by atoms with Crippen molar-refractivity contribution in [3.05, 3.63) is 17.5 Å². The van der Waals surface area contributed by atoms with Crippen molar-refractivity contribution in [2.24, 2.45) is 7.05 Å². The van der Waals surface area contributed by atoms with Gasteiger partial charge in [0.05, 0.1) is 6.20 Å². The Morgan fingerprint density at radius 1 is 1.38 bits per heavy atom. The van der Waals surface area contributed by atoms with E-state index in [9.17, 15) is 14.4 Å². The van der Waals surface area contributed by atoms with Crippen molar-refractivity contribution < 1.29 is 24.6 Å². The van der Waals surface area contributed by atoms with Crippen molar-refractivity contribution >= 4 is 18.0 Å². The summed E-state index contributed by atoms with van der Waals surface area (Å²) in [5.41, 5.74) is 1.70. The third kappa shape index (κ3) is 5.13. The van der Waals surface area contributed by atoms with E-state index in [2.05, 4.69) is 15.7 Å². The molecule has 0 fully saturated rings. The SMILES string of the molecule is Cc1c(CNC(=O)NC(CCC(=O)O)C(=O)O)cnn1C. The molecular weight excluding hydrogens is 280 g/mol. The fourth-order valence-corrected chi connectivity index (χ4v) is 1.63. The van der Waals surface area contributed by atoms with Gasteiger partial charge in [-0.05, 0) is 13.3 Å². The summed E-state index contributed by atoms with van der Waals surface area (Å²) in [6.07, 6.45) is 1.09. The van der Waals surface area contributed by atoms with Crippen LogP contribution < -0.4 is 10.6 Å². The summed E-state index contributed by atoms with van der Waals surface area (Å²) in [5, 5.41) is 26.2. The number of rotatable bonds is 7. The number of carbonyl (C=O) groups excluding carboxylic acids is 1. The van der Waals surface area contributed by atoms with Crippen LogP contribution in [0.3, 0.4) is 0 Å². The van der Waals surface area contributed by atoms with Gasteiger partial charge in [-0.2, -0.15) is 5.10 Å². The van der Waals surface area contributed by atoms with Gasteiger partial charge in [-0.15, -0.1) is 0 Å². The molecule has 0 saturated carbocycles. The molecule has 1 aromatic rings.